The highest BCUT2D eigenvalue weighted by atomic mass is 32.2. The van der Waals surface area contributed by atoms with Gasteiger partial charge in [-0.1, -0.05) is 42.1 Å². The molecule has 3 aromatic heterocycles. The maximum Gasteiger partial charge on any atom is 0.236 e. The summed E-state index contributed by atoms with van der Waals surface area (Å²) in [6, 6.07) is 13.6. The Kier molecular flexibility index (Phi) is 5.45. The van der Waals surface area contributed by atoms with Crippen LogP contribution in [0.5, 0.6) is 0 Å². The molecule has 0 fully saturated rings. The number of rotatable bonds is 6. The average Bonchev–Trinajstić information content (AvgIpc) is 3.34. The van der Waals surface area contributed by atoms with Crippen molar-refractivity contribution < 1.29 is 4.79 Å². The van der Waals surface area contributed by atoms with E-state index in [1.54, 1.807) is 12.4 Å². The largest absolute Gasteiger partial charge is 0.305 e. The number of aromatic nitrogens is 5. The minimum Gasteiger partial charge on any atom is -0.305 e. The van der Waals surface area contributed by atoms with E-state index < -0.39 is 0 Å². The van der Waals surface area contributed by atoms with E-state index in [9.17, 15) is 4.79 Å². The molecule has 3 heterocycles. The Morgan fingerprint density at radius 3 is 2.68 bits per heavy atom. The standard InChI is InChI=1S/C19H16N6OS2/c1-25-17(14-7-9-20-10-8-14)23-24-19(25)28-12-16(26)22-18-21-15(11-27-18)13-5-3-2-4-6-13/h2-11H,12H2,1H3,(H,21,22,26). The van der Waals surface area contributed by atoms with Gasteiger partial charge in [0.1, 0.15) is 0 Å². The number of hydrogen-bond acceptors (Lipinski definition) is 7. The molecule has 0 radical (unpaired) electrons. The first-order valence-corrected chi connectivity index (χ1v) is 10.3. The monoisotopic (exact) mass is 408 g/mol. The first-order valence-electron chi connectivity index (χ1n) is 8.44. The van der Waals surface area contributed by atoms with Crippen LogP contribution in [0.4, 0.5) is 5.13 Å². The number of anilines is 1. The van der Waals surface area contributed by atoms with Crippen molar-refractivity contribution in [3.05, 3.63) is 60.2 Å². The molecule has 0 spiro atoms. The zero-order valence-corrected chi connectivity index (χ0v) is 16.6. The van der Waals surface area contributed by atoms with Gasteiger partial charge in [0.25, 0.3) is 0 Å². The summed E-state index contributed by atoms with van der Waals surface area (Å²) < 4.78 is 1.87. The number of thioether (sulfide) groups is 1. The lowest BCUT2D eigenvalue weighted by Gasteiger charge is -2.04. The highest BCUT2D eigenvalue weighted by Crippen LogP contribution is 2.25. The van der Waals surface area contributed by atoms with Crippen LogP contribution in [0.25, 0.3) is 22.6 Å². The van der Waals surface area contributed by atoms with Crippen LogP contribution in [0.1, 0.15) is 0 Å². The SMILES string of the molecule is Cn1c(SCC(=O)Nc2nc(-c3ccccc3)cs2)nnc1-c1ccncc1. The van der Waals surface area contributed by atoms with Crippen molar-refractivity contribution in [2.75, 3.05) is 11.1 Å². The van der Waals surface area contributed by atoms with E-state index in [2.05, 4.69) is 25.5 Å². The molecule has 140 valence electrons. The third kappa shape index (κ3) is 4.10. The van der Waals surface area contributed by atoms with Crippen LogP contribution in [-0.2, 0) is 11.8 Å². The Bertz CT molecular complexity index is 1080. The number of pyridine rings is 1. The van der Waals surface area contributed by atoms with Gasteiger partial charge in [0.15, 0.2) is 16.1 Å². The molecule has 1 amide bonds. The molecule has 0 aliphatic rings. The van der Waals surface area contributed by atoms with E-state index in [0.29, 0.717) is 10.3 Å². The number of amides is 1. The van der Waals surface area contributed by atoms with Gasteiger partial charge in [-0.25, -0.2) is 4.98 Å². The molecule has 0 saturated carbocycles. The lowest BCUT2D eigenvalue weighted by molar-refractivity contribution is -0.113. The number of hydrogen-bond donors (Lipinski definition) is 1. The van der Waals surface area contributed by atoms with Crippen LogP contribution in [-0.4, -0.2) is 36.4 Å². The Hall–Kier alpha value is -3.04. The fourth-order valence-corrected chi connectivity index (χ4v) is 4.00. The first kappa shape index (κ1) is 18.3. The van der Waals surface area contributed by atoms with Crippen LogP contribution in [0.2, 0.25) is 0 Å². The van der Waals surface area contributed by atoms with E-state index in [0.717, 1.165) is 22.6 Å². The number of nitrogens with zero attached hydrogens (tertiary/aromatic N) is 5. The maximum atomic E-state index is 12.3. The molecule has 9 heteroatoms. The molecule has 1 aromatic carbocycles. The molecule has 0 saturated heterocycles. The second kappa shape index (κ2) is 8.32. The Morgan fingerprint density at radius 1 is 1.11 bits per heavy atom. The van der Waals surface area contributed by atoms with Crippen molar-refractivity contribution in [2.24, 2.45) is 7.05 Å². The van der Waals surface area contributed by atoms with Gasteiger partial charge in [0, 0.05) is 35.9 Å². The summed E-state index contributed by atoms with van der Waals surface area (Å²) in [7, 11) is 1.88. The lowest BCUT2D eigenvalue weighted by Crippen LogP contribution is -2.14. The van der Waals surface area contributed by atoms with Crippen LogP contribution in [0, 0.1) is 0 Å². The smallest absolute Gasteiger partial charge is 0.236 e. The number of benzene rings is 1. The average molecular weight is 409 g/mol. The van der Waals surface area contributed by atoms with Crippen LogP contribution < -0.4 is 5.32 Å². The number of carbonyl (C=O) groups excluding carboxylic acids is 1. The second-order valence-electron chi connectivity index (χ2n) is 5.84. The van der Waals surface area contributed by atoms with Crippen molar-refractivity contribution in [1.29, 1.82) is 0 Å². The minimum absolute atomic E-state index is 0.132. The van der Waals surface area contributed by atoms with Crippen molar-refractivity contribution in [3.63, 3.8) is 0 Å². The summed E-state index contributed by atoms with van der Waals surface area (Å²) in [6.45, 7) is 0. The zero-order chi connectivity index (χ0) is 19.3. The van der Waals surface area contributed by atoms with Gasteiger partial charge >= 0.3 is 0 Å². The van der Waals surface area contributed by atoms with Crippen LogP contribution in [0.15, 0.2) is 65.4 Å². The fraction of sp³-hybridized carbons (Fsp3) is 0.105. The number of nitrogens with one attached hydrogen (secondary N) is 1. The van der Waals surface area contributed by atoms with E-state index >= 15 is 0 Å². The Morgan fingerprint density at radius 2 is 1.89 bits per heavy atom. The highest BCUT2D eigenvalue weighted by Gasteiger charge is 2.14. The van der Waals surface area contributed by atoms with Gasteiger partial charge in [-0.3, -0.25) is 9.78 Å². The Balaban J connectivity index is 1.37. The molecule has 28 heavy (non-hydrogen) atoms. The molecular weight excluding hydrogens is 392 g/mol. The van der Waals surface area contributed by atoms with Crippen LogP contribution in [0.3, 0.4) is 0 Å². The maximum absolute atomic E-state index is 12.3. The molecule has 0 bridgehead atoms. The van der Waals surface area contributed by atoms with Crippen molar-refractivity contribution in [3.8, 4) is 22.6 Å². The van der Waals surface area contributed by atoms with Gasteiger partial charge in [0.05, 0.1) is 11.4 Å². The summed E-state index contributed by atoms with van der Waals surface area (Å²) >= 11 is 2.74. The molecule has 0 aliphatic heterocycles. The summed E-state index contributed by atoms with van der Waals surface area (Å²) in [4.78, 5) is 20.8. The molecule has 0 atom stereocenters. The molecule has 0 aliphatic carbocycles. The van der Waals surface area contributed by atoms with Crippen molar-refractivity contribution in [1.82, 2.24) is 24.7 Å². The lowest BCUT2D eigenvalue weighted by atomic mass is 10.2. The summed E-state index contributed by atoms with van der Waals surface area (Å²) in [5.41, 5.74) is 2.80. The topological polar surface area (TPSA) is 85.6 Å². The van der Waals surface area contributed by atoms with Gasteiger partial charge in [-0.2, -0.15) is 0 Å². The van der Waals surface area contributed by atoms with Gasteiger partial charge in [0.2, 0.25) is 5.91 Å². The van der Waals surface area contributed by atoms with Crippen molar-refractivity contribution >= 4 is 34.1 Å². The number of thiazole rings is 1. The predicted octanol–water partition coefficient (Wildman–Crippen LogP) is 3.73. The minimum atomic E-state index is -0.132. The highest BCUT2D eigenvalue weighted by molar-refractivity contribution is 7.99. The first-order chi connectivity index (χ1) is 13.7. The third-order valence-electron chi connectivity index (χ3n) is 3.93. The summed E-state index contributed by atoms with van der Waals surface area (Å²) in [5.74, 6) is 0.827. The second-order valence-corrected chi connectivity index (χ2v) is 7.64. The molecular formula is C19H16N6OS2. The molecule has 4 rings (SSSR count). The van der Waals surface area contributed by atoms with Gasteiger partial charge in [-0.15, -0.1) is 21.5 Å². The molecule has 4 aromatic rings. The predicted molar refractivity (Wildman–Crippen MR) is 111 cm³/mol. The van der Waals surface area contributed by atoms with Crippen molar-refractivity contribution in [2.45, 2.75) is 5.16 Å². The number of carbonyl (C=O) groups is 1. The van der Waals surface area contributed by atoms with E-state index in [-0.39, 0.29) is 11.7 Å². The quantitative estimate of drug-likeness (QED) is 0.489. The van der Waals surface area contributed by atoms with E-state index in [1.165, 1.54) is 23.1 Å². The summed E-state index contributed by atoms with van der Waals surface area (Å²) in [6.07, 6.45) is 3.42. The van der Waals surface area contributed by atoms with Gasteiger partial charge < -0.3 is 9.88 Å². The van der Waals surface area contributed by atoms with E-state index in [1.807, 2.05) is 59.5 Å². The van der Waals surface area contributed by atoms with E-state index in [4.69, 9.17) is 0 Å². The fourth-order valence-electron chi connectivity index (χ4n) is 2.55. The zero-order valence-electron chi connectivity index (χ0n) is 14.9. The Labute approximate surface area is 169 Å². The molecule has 7 nitrogen and oxygen atoms in total. The van der Waals surface area contributed by atoms with Gasteiger partial charge in [-0.05, 0) is 12.1 Å². The molecule has 1 N–H and O–H groups in total. The normalized spacial score (nSPS) is 10.8. The molecule has 0 unspecified atom stereocenters. The van der Waals surface area contributed by atoms with Crippen LogP contribution >= 0.6 is 23.1 Å². The third-order valence-corrected chi connectivity index (χ3v) is 5.70. The summed E-state index contributed by atoms with van der Waals surface area (Å²) in [5, 5.41) is 14.4.